The Labute approximate surface area is 146 Å². The molecular formula is C17H25N3O5. The Kier molecular flexibility index (Phi) is 5.10. The summed E-state index contributed by atoms with van der Waals surface area (Å²) in [6.07, 6.45) is 4.74. The molecule has 2 aliphatic heterocycles. The molecule has 2 fully saturated rings. The van der Waals surface area contributed by atoms with E-state index in [4.69, 9.17) is 9.52 Å². The van der Waals surface area contributed by atoms with Crippen LogP contribution in [0.5, 0.6) is 0 Å². The number of hydrogen-bond acceptors (Lipinski definition) is 6. The lowest BCUT2D eigenvalue weighted by atomic mass is 9.76. The Morgan fingerprint density at radius 2 is 2.08 bits per heavy atom. The highest BCUT2D eigenvalue weighted by atomic mass is 16.4. The highest BCUT2D eigenvalue weighted by Crippen LogP contribution is 2.43. The van der Waals surface area contributed by atoms with E-state index in [0.29, 0.717) is 12.4 Å². The van der Waals surface area contributed by atoms with Gasteiger partial charge in [-0.05, 0) is 50.7 Å². The predicted molar refractivity (Wildman–Crippen MR) is 88.3 cm³/mol. The van der Waals surface area contributed by atoms with Crippen LogP contribution in [-0.2, 0) is 11.3 Å². The molecule has 1 aromatic rings. The molecule has 0 aromatic carbocycles. The molecule has 2 N–H and O–H groups in total. The van der Waals surface area contributed by atoms with Gasteiger partial charge in [0.05, 0.1) is 6.54 Å². The van der Waals surface area contributed by atoms with Gasteiger partial charge in [-0.2, -0.15) is 0 Å². The summed E-state index contributed by atoms with van der Waals surface area (Å²) in [5.74, 6) is -1.39. The van der Waals surface area contributed by atoms with E-state index in [2.05, 4.69) is 21.7 Å². The summed E-state index contributed by atoms with van der Waals surface area (Å²) in [7, 11) is 0. The van der Waals surface area contributed by atoms with Crippen molar-refractivity contribution in [3.05, 3.63) is 17.8 Å². The number of hydrogen-bond donors (Lipinski definition) is 2. The van der Waals surface area contributed by atoms with Gasteiger partial charge in [0.15, 0.2) is 5.69 Å². The topological polar surface area (TPSA) is 107 Å². The van der Waals surface area contributed by atoms with Gasteiger partial charge in [-0.1, -0.05) is 6.92 Å². The smallest absolute Gasteiger partial charge is 0.357 e. The number of piperidine rings is 1. The number of oxazole rings is 1. The first-order chi connectivity index (χ1) is 11.9. The van der Waals surface area contributed by atoms with Crippen molar-refractivity contribution in [3.63, 3.8) is 0 Å². The van der Waals surface area contributed by atoms with E-state index in [0.717, 1.165) is 51.9 Å². The zero-order chi connectivity index (χ0) is 18.0. The fraction of sp³-hybridized carbons (Fsp3) is 0.706. The summed E-state index contributed by atoms with van der Waals surface area (Å²) >= 11 is 0. The maximum absolute atomic E-state index is 11.6. The van der Waals surface area contributed by atoms with Crippen molar-refractivity contribution in [2.24, 2.45) is 5.41 Å². The first-order valence-corrected chi connectivity index (χ1v) is 8.79. The molecule has 2 saturated heterocycles. The van der Waals surface area contributed by atoms with E-state index in [-0.39, 0.29) is 17.2 Å². The SMILES string of the molecule is CCCN1CC2(CCN(Cc3nc(C(=O)O)co3)CC2)C[C@@H]1C(=O)O. The lowest BCUT2D eigenvalue weighted by molar-refractivity contribution is -0.142. The molecule has 3 heterocycles. The third kappa shape index (κ3) is 3.85. The van der Waals surface area contributed by atoms with Crippen molar-refractivity contribution in [1.82, 2.24) is 14.8 Å². The van der Waals surface area contributed by atoms with E-state index >= 15 is 0 Å². The molecule has 8 heteroatoms. The zero-order valence-corrected chi connectivity index (χ0v) is 14.5. The number of carbonyl (C=O) groups is 2. The van der Waals surface area contributed by atoms with Crippen LogP contribution in [0.25, 0.3) is 0 Å². The molecular weight excluding hydrogens is 326 g/mol. The second kappa shape index (κ2) is 7.13. The van der Waals surface area contributed by atoms with Crippen LogP contribution in [0.4, 0.5) is 0 Å². The highest BCUT2D eigenvalue weighted by Gasteiger charge is 2.47. The average Bonchev–Trinajstić information content (AvgIpc) is 3.16. The van der Waals surface area contributed by atoms with E-state index in [1.165, 1.54) is 6.26 Å². The number of rotatable bonds is 6. The molecule has 0 amide bonds. The predicted octanol–water partition coefficient (Wildman–Crippen LogP) is 1.52. The molecule has 1 spiro atoms. The average molecular weight is 351 g/mol. The van der Waals surface area contributed by atoms with E-state index in [9.17, 15) is 14.7 Å². The van der Waals surface area contributed by atoms with Gasteiger partial charge in [-0.15, -0.1) is 0 Å². The minimum Gasteiger partial charge on any atom is -0.480 e. The number of aromatic carboxylic acids is 1. The minimum atomic E-state index is -1.09. The van der Waals surface area contributed by atoms with Crippen LogP contribution in [0.15, 0.2) is 10.7 Å². The fourth-order valence-corrected chi connectivity index (χ4v) is 4.13. The Morgan fingerprint density at radius 3 is 2.64 bits per heavy atom. The van der Waals surface area contributed by atoms with Crippen molar-refractivity contribution in [2.75, 3.05) is 26.2 Å². The minimum absolute atomic E-state index is 0.0706. The van der Waals surface area contributed by atoms with Gasteiger partial charge in [-0.3, -0.25) is 14.6 Å². The molecule has 3 rings (SSSR count). The Hall–Kier alpha value is -1.93. The van der Waals surface area contributed by atoms with Crippen LogP contribution in [0.1, 0.15) is 49.0 Å². The van der Waals surface area contributed by atoms with Crippen LogP contribution in [0.3, 0.4) is 0 Å². The molecule has 138 valence electrons. The lowest BCUT2D eigenvalue weighted by Crippen LogP contribution is -2.41. The van der Waals surface area contributed by atoms with Crippen LogP contribution in [-0.4, -0.2) is 69.2 Å². The maximum Gasteiger partial charge on any atom is 0.357 e. The quantitative estimate of drug-likeness (QED) is 0.794. The number of likely N-dealkylation sites (tertiary alicyclic amines) is 2. The molecule has 0 aliphatic carbocycles. The van der Waals surface area contributed by atoms with Crippen LogP contribution >= 0.6 is 0 Å². The standard InChI is InChI=1S/C17H25N3O5/c1-2-5-20-11-17(8-13(20)16(23)24)3-6-19(7-4-17)9-14-18-12(10-25-14)15(21)22/h10,13H,2-9,11H2,1H3,(H,21,22)(H,23,24)/t13-/m1/s1. The molecule has 0 radical (unpaired) electrons. The fourth-order valence-electron chi connectivity index (χ4n) is 4.13. The van der Waals surface area contributed by atoms with Crippen molar-refractivity contribution in [2.45, 2.75) is 45.2 Å². The number of nitrogens with zero attached hydrogens (tertiary/aromatic N) is 3. The van der Waals surface area contributed by atoms with Gasteiger partial charge in [0, 0.05) is 6.54 Å². The van der Waals surface area contributed by atoms with E-state index in [1.54, 1.807) is 0 Å². The first-order valence-electron chi connectivity index (χ1n) is 8.79. The van der Waals surface area contributed by atoms with Crippen molar-refractivity contribution in [1.29, 1.82) is 0 Å². The van der Waals surface area contributed by atoms with Gasteiger partial charge in [0.2, 0.25) is 5.89 Å². The van der Waals surface area contributed by atoms with Crippen molar-refractivity contribution in [3.8, 4) is 0 Å². The molecule has 0 unspecified atom stereocenters. The highest BCUT2D eigenvalue weighted by molar-refractivity contribution is 5.84. The zero-order valence-electron chi connectivity index (χ0n) is 14.5. The summed E-state index contributed by atoms with van der Waals surface area (Å²) in [5, 5.41) is 18.4. The normalized spacial score (nSPS) is 24.0. The van der Waals surface area contributed by atoms with E-state index in [1.807, 2.05) is 0 Å². The lowest BCUT2D eigenvalue weighted by Gasteiger charge is -2.38. The summed E-state index contributed by atoms with van der Waals surface area (Å²) in [5.41, 5.74) is 0.0103. The summed E-state index contributed by atoms with van der Waals surface area (Å²) in [6, 6.07) is -0.364. The summed E-state index contributed by atoms with van der Waals surface area (Å²) in [6.45, 7) is 5.94. The summed E-state index contributed by atoms with van der Waals surface area (Å²) < 4.78 is 5.22. The van der Waals surface area contributed by atoms with Gasteiger partial charge in [0.25, 0.3) is 0 Å². The van der Waals surface area contributed by atoms with Crippen LogP contribution < -0.4 is 0 Å². The third-order valence-electron chi connectivity index (χ3n) is 5.45. The molecule has 25 heavy (non-hydrogen) atoms. The number of aromatic nitrogens is 1. The first kappa shape index (κ1) is 17.9. The van der Waals surface area contributed by atoms with Gasteiger partial charge in [-0.25, -0.2) is 9.78 Å². The third-order valence-corrected chi connectivity index (χ3v) is 5.45. The second-order valence-electron chi connectivity index (χ2n) is 7.24. The Bertz CT molecular complexity index is 636. The van der Waals surface area contributed by atoms with Crippen LogP contribution in [0, 0.1) is 5.41 Å². The van der Waals surface area contributed by atoms with Crippen LogP contribution in [0.2, 0.25) is 0 Å². The molecule has 0 bridgehead atoms. The summed E-state index contributed by atoms with van der Waals surface area (Å²) in [4.78, 5) is 30.7. The molecule has 0 saturated carbocycles. The molecule has 1 atom stereocenters. The largest absolute Gasteiger partial charge is 0.480 e. The van der Waals surface area contributed by atoms with Crippen molar-refractivity contribution < 1.29 is 24.2 Å². The monoisotopic (exact) mass is 351 g/mol. The van der Waals surface area contributed by atoms with Gasteiger partial charge < -0.3 is 14.6 Å². The number of carboxylic acid groups (broad SMARTS) is 2. The van der Waals surface area contributed by atoms with E-state index < -0.39 is 11.9 Å². The Morgan fingerprint density at radius 1 is 1.36 bits per heavy atom. The Balaban J connectivity index is 1.57. The van der Waals surface area contributed by atoms with Gasteiger partial charge in [0.1, 0.15) is 12.3 Å². The van der Waals surface area contributed by atoms with Gasteiger partial charge >= 0.3 is 11.9 Å². The second-order valence-corrected chi connectivity index (χ2v) is 7.24. The number of aliphatic carboxylic acids is 1. The number of carboxylic acids is 2. The van der Waals surface area contributed by atoms with Crippen molar-refractivity contribution >= 4 is 11.9 Å². The molecule has 2 aliphatic rings. The maximum atomic E-state index is 11.6. The molecule has 1 aromatic heterocycles. The molecule has 8 nitrogen and oxygen atoms in total.